The highest BCUT2D eigenvalue weighted by atomic mass is 16.5. The Labute approximate surface area is 55.4 Å². The topological polar surface area (TPSA) is 46.5 Å². The highest BCUT2D eigenvalue weighted by Gasteiger charge is 1.90. The van der Waals surface area contributed by atoms with Crippen LogP contribution in [0, 0.1) is 0 Å². The summed E-state index contributed by atoms with van der Waals surface area (Å²) in [5, 5.41) is 8.29. The minimum absolute atomic E-state index is 0.168. The summed E-state index contributed by atoms with van der Waals surface area (Å²) in [5.74, 6) is -0.257. The van der Waals surface area contributed by atoms with Gasteiger partial charge in [0, 0.05) is 6.61 Å². The van der Waals surface area contributed by atoms with Gasteiger partial charge in [0.25, 0.3) is 0 Å². The molecule has 0 aliphatic heterocycles. The van der Waals surface area contributed by atoms with Gasteiger partial charge in [-0.15, -0.1) is 0 Å². The van der Waals surface area contributed by atoms with E-state index in [1.54, 1.807) is 0 Å². The summed E-state index contributed by atoms with van der Waals surface area (Å²) in [4.78, 5) is 10.1. The van der Waals surface area contributed by atoms with E-state index in [0.29, 0.717) is 13.0 Å². The molecular formula is C5H11BO3. The fourth-order valence-corrected chi connectivity index (χ4v) is 0.430. The van der Waals surface area contributed by atoms with Crippen LogP contribution in [-0.4, -0.2) is 32.0 Å². The fraction of sp³-hybridized carbons (Fsp3) is 0.800. The Morgan fingerprint density at radius 1 is 1.56 bits per heavy atom. The van der Waals surface area contributed by atoms with E-state index in [1.807, 2.05) is 0 Å². The molecule has 4 heteroatoms. The van der Waals surface area contributed by atoms with Crippen LogP contribution in [0.1, 0.15) is 12.8 Å². The molecule has 0 spiro atoms. The zero-order chi connectivity index (χ0) is 7.11. The first-order valence-electron chi connectivity index (χ1n) is 3.01. The molecule has 0 saturated carbocycles. The number of carbonyl (C=O) groups is 1. The standard InChI is InChI=1S/C5H11BO3/c6-5(8)9-4-2-1-3-7/h7H,1-4,6H2. The number of hydrogen-bond acceptors (Lipinski definition) is 3. The van der Waals surface area contributed by atoms with E-state index in [0.717, 1.165) is 6.42 Å². The lowest BCUT2D eigenvalue weighted by atomic mass is 10.2. The Morgan fingerprint density at radius 3 is 2.67 bits per heavy atom. The fourth-order valence-electron chi connectivity index (χ4n) is 0.430. The summed E-state index contributed by atoms with van der Waals surface area (Å²) in [7, 11) is 1.37. The molecule has 0 aliphatic rings. The van der Waals surface area contributed by atoms with Gasteiger partial charge >= 0.3 is 0 Å². The first kappa shape index (κ1) is 8.49. The lowest BCUT2D eigenvalue weighted by molar-refractivity contribution is 0.166. The molecule has 0 atom stereocenters. The van der Waals surface area contributed by atoms with Crippen molar-refractivity contribution in [1.82, 2.24) is 0 Å². The molecule has 0 aliphatic carbocycles. The molecule has 0 fully saturated rings. The minimum atomic E-state index is -0.257. The van der Waals surface area contributed by atoms with Crippen molar-refractivity contribution in [3.8, 4) is 0 Å². The van der Waals surface area contributed by atoms with Crippen molar-refractivity contribution in [1.29, 1.82) is 0 Å². The summed E-state index contributed by atoms with van der Waals surface area (Å²) < 4.78 is 4.59. The van der Waals surface area contributed by atoms with E-state index in [9.17, 15) is 4.79 Å². The van der Waals surface area contributed by atoms with E-state index in [1.165, 1.54) is 7.85 Å². The molecule has 3 nitrogen and oxygen atoms in total. The van der Waals surface area contributed by atoms with Crippen molar-refractivity contribution < 1.29 is 14.6 Å². The number of aliphatic hydroxyl groups excluding tert-OH is 1. The van der Waals surface area contributed by atoms with Crippen molar-refractivity contribution in [2.24, 2.45) is 0 Å². The van der Waals surface area contributed by atoms with Gasteiger partial charge in [-0.3, -0.25) is 4.79 Å². The quantitative estimate of drug-likeness (QED) is 0.413. The molecule has 0 aromatic rings. The first-order chi connectivity index (χ1) is 4.27. The number of unbranched alkanes of at least 4 members (excludes halogenated alkanes) is 1. The molecule has 1 N–H and O–H groups in total. The predicted molar refractivity (Wildman–Crippen MR) is 36.2 cm³/mol. The normalized spacial score (nSPS) is 9.00. The monoisotopic (exact) mass is 130 g/mol. The molecule has 0 bridgehead atoms. The number of carbonyl (C=O) groups excluding carboxylic acids is 1. The molecule has 0 aromatic carbocycles. The van der Waals surface area contributed by atoms with Gasteiger partial charge in [0.15, 0.2) is 0 Å². The molecule has 0 radical (unpaired) electrons. The Balaban J connectivity index is 2.83. The van der Waals surface area contributed by atoms with Crippen molar-refractivity contribution in [2.75, 3.05) is 13.2 Å². The maximum atomic E-state index is 10.1. The number of hydrogen-bond donors (Lipinski definition) is 1. The number of rotatable bonds is 4. The van der Waals surface area contributed by atoms with Crippen LogP contribution in [0.15, 0.2) is 0 Å². The highest BCUT2D eigenvalue weighted by Crippen LogP contribution is 1.87. The van der Waals surface area contributed by atoms with Crippen molar-refractivity contribution in [2.45, 2.75) is 12.8 Å². The third-order valence-corrected chi connectivity index (χ3v) is 0.858. The van der Waals surface area contributed by atoms with Gasteiger partial charge in [-0.2, -0.15) is 0 Å². The lowest BCUT2D eigenvalue weighted by Gasteiger charge is -1.98. The van der Waals surface area contributed by atoms with Crippen LogP contribution in [0.5, 0.6) is 0 Å². The molecule has 9 heavy (non-hydrogen) atoms. The molecule has 0 heterocycles. The Kier molecular flexibility index (Phi) is 5.31. The van der Waals surface area contributed by atoms with Gasteiger partial charge in [0.05, 0.1) is 6.61 Å². The summed E-state index contributed by atoms with van der Waals surface area (Å²) in [6.45, 7) is 0.594. The summed E-state index contributed by atoms with van der Waals surface area (Å²) in [5.41, 5.74) is 0. The Hall–Kier alpha value is -0.505. The average molecular weight is 130 g/mol. The van der Waals surface area contributed by atoms with Crippen LogP contribution in [0.25, 0.3) is 0 Å². The second kappa shape index (κ2) is 5.63. The Bertz CT molecular complexity index is 84.3. The number of aliphatic hydroxyl groups is 1. The van der Waals surface area contributed by atoms with Crippen molar-refractivity contribution in [3.05, 3.63) is 0 Å². The van der Waals surface area contributed by atoms with Gasteiger partial charge in [0.1, 0.15) is 0 Å². The third kappa shape index (κ3) is 7.49. The van der Waals surface area contributed by atoms with Crippen LogP contribution >= 0.6 is 0 Å². The largest absolute Gasteiger partial charge is 0.474 e. The van der Waals surface area contributed by atoms with Crippen LogP contribution in [0.2, 0.25) is 0 Å². The zero-order valence-corrected chi connectivity index (χ0v) is 5.59. The van der Waals surface area contributed by atoms with Gasteiger partial charge in [-0.25, -0.2) is 0 Å². The van der Waals surface area contributed by atoms with Gasteiger partial charge in [-0.05, 0) is 12.8 Å². The summed E-state index contributed by atoms with van der Waals surface area (Å²) >= 11 is 0. The second-order valence-electron chi connectivity index (χ2n) is 1.77. The predicted octanol–water partition coefficient (Wildman–Crippen LogP) is -0.471. The van der Waals surface area contributed by atoms with Gasteiger partial charge in [0.2, 0.25) is 13.7 Å². The lowest BCUT2D eigenvalue weighted by Crippen LogP contribution is -2.02. The zero-order valence-electron chi connectivity index (χ0n) is 5.59. The third-order valence-electron chi connectivity index (χ3n) is 0.858. The van der Waals surface area contributed by atoms with E-state index in [4.69, 9.17) is 5.11 Å². The molecule has 0 aromatic heterocycles. The smallest absolute Gasteiger partial charge is 0.243 e. The van der Waals surface area contributed by atoms with Crippen LogP contribution < -0.4 is 0 Å². The maximum absolute atomic E-state index is 10.1. The first-order valence-corrected chi connectivity index (χ1v) is 3.01. The van der Waals surface area contributed by atoms with E-state index in [2.05, 4.69) is 4.74 Å². The van der Waals surface area contributed by atoms with E-state index >= 15 is 0 Å². The second-order valence-corrected chi connectivity index (χ2v) is 1.77. The molecular weight excluding hydrogens is 119 g/mol. The maximum Gasteiger partial charge on any atom is 0.243 e. The minimum Gasteiger partial charge on any atom is -0.474 e. The molecule has 0 rings (SSSR count). The van der Waals surface area contributed by atoms with E-state index < -0.39 is 0 Å². The van der Waals surface area contributed by atoms with Crippen molar-refractivity contribution in [3.63, 3.8) is 0 Å². The summed E-state index contributed by atoms with van der Waals surface area (Å²) in [6, 6.07) is 0. The van der Waals surface area contributed by atoms with Gasteiger partial charge in [-0.1, -0.05) is 0 Å². The molecule has 0 saturated heterocycles. The Morgan fingerprint density at radius 2 is 2.22 bits per heavy atom. The SMILES string of the molecule is BC(=O)OCCCCO. The van der Waals surface area contributed by atoms with Crippen molar-refractivity contribution >= 4 is 13.7 Å². The van der Waals surface area contributed by atoms with Crippen LogP contribution in [0.3, 0.4) is 0 Å². The molecule has 52 valence electrons. The molecule has 0 unspecified atom stereocenters. The number of ether oxygens (including phenoxy) is 1. The highest BCUT2D eigenvalue weighted by molar-refractivity contribution is 6.55. The molecule has 0 amide bonds. The van der Waals surface area contributed by atoms with Crippen LogP contribution in [-0.2, 0) is 4.74 Å². The van der Waals surface area contributed by atoms with Gasteiger partial charge < -0.3 is 9.84 Å². The average Bonchev–Trinajstić information content (AvgIpc) is 1.80. The summed E-state index contributed by atoms with van der Waals surface area (Å²) in [6.07, 6.45) is 1.45. The van der Waals surface area contributed by atoms with E-state index in [-0.39, 0.29) is 12.5 Å². The van der Waals surface area contributed by atoms with Crippen LogP contribution in [0.4, 0.5) is 4.79 Å².